The number of nitrogens with one attached hydrogen (secondary N) is 1. The maximum Gasteiger partial charge on any atom is 0.275 e. The number of benzene rings is 2. The molecule has 0 bridgehead atoms. The predicted octanol–water partition coefficient (Wildman–Crippen LogP) is 3.39. The van der Waals surface area contributed by atoms with E-state index in [1.54, 1.807) is 18.2 Å². The molecule has 3 N–H and O–H groups in total. The lowest BCUT2D eigenvalue weighted by Gasteiger charge is -2.05. The second-order valence-corrected chi connectivity index (χ2v) is 5.84. The number of amides is 1. The molecule has 0 aliphatic rings. The van der Waals surface area contributed by atoms with Crippen LogP contribution < -0.4 is 5.43 Å². The van der Waals surface area contributed by atoms with Crippen LogP contribution in [0.5, 0.6) is 11.5 Å². The molecule has 0 radical (unpaired) electrons. The van der Waals surface area contributed by atoms with Crippen molar-refractivity contribution in [3.05, 3.63) is 56.5 Å². The standard InChI is InChI=1S/C14H10Br2N2O3/c15-9-5-11(13(20)12(16)6-9)14(21)18-17-7-8-1-3-10(19)4-2-8/h1-7,19-20H,(H,18,21)/b17-7+. The summed E-state index contributed by atoms with van der Waals surface area (Å²) in [6, 6.07) is 9.45. The average molecular weight is 414 g/mol. The minimum atomic E-state index is -0.537. The second kappa shape index (κ2) is 6.73. The minimum absolute atomic E-state index is 0.0964. The lowest BCUT2D eigenvalue weighted by atomic mass is 10.2. The molecule has 0 aromatic heterocycles. The Morgan fingerprint density at radius 2 is 1.81 bits per heavy atom. The van der Waals surface area contributed by atoms with Gasteiger partial charge in [-0.25, -0.2) is 5.43 Å². The van der Waals surface area contributed by atoms with Crippen LogP contribution in [0.3, 0.4) is 0 Å². The molecule has 5 nitrogen and oxygen atoms in total. The average Bonchev–Trinajstić information content (AvgIpc) is 2.44. The van der Waals surface area contributed by atoms with Gasteiger partial charge in [-0.15, -0.1) is 0 Å². The number of hydrogen-bond donors (Lipinski definition) is 3. The molecule has 7 heteroatoms. The van der Waals surface area contributed by atoms with Gasteiger partial charge in [-0.3, -0.25) is 4.79 Å². The van der Waals surface area contributed by atoms with Crippen LogP contribution in [0.25, 0.3) is 0 Å². The number of nitrogens with zero attached hydrogens (tertiary/aromatic N) is 1. The topological polar surface area (TPSA) is 81.9 Å². The third-order valence-corrected chi connectivity index (χ3v) is 3.61. The van der Waals surface area contributed by atoms with E-state index in [2.05, 4.69) is 42.4 Å². The fourth-order valence-corrected chi connectivity index (χ4v) is 2.75. The van der Waals surface area contributed by atoms with E-state index >= 15 is 0 Å². The summed E-state index contributed by atoms with van der Waals surface area (Å²) in [7, 11) is 0. The van der Waals surface area contributed by atoms with Crippen LogP contribution in [0.4, 0.5) is 0 Å². The highest BCUT2D eigenvalue weighted by Gasteiger charge is 2.14. The number of hydrogen-bond acceptors (Lipinski definition) is 4. The molecule has 2 aromatic rings. The molecule has 0 heterocycles. The summed E-state index contributed by atoms with van der Waals surface area (Å²) in [6.07, 6.45) is 1.43. The number of hydrazone groups is 1. The van der Waals surface area contributed by atoms with Gasteiger partial charge >= 0.3 is 0 Å². The molecule has 0 aliphatic carbocycles. The third kappa shape index (κ3) is 4.05. The van der Waals surface area contributed by atoms with Crippen LogP contribution in [-0.4, -0.2) is 22.3 Å². The van der Waals surface area contributed by atoms with Gasteiger partial charge in [0, 0.05) is 4.47 Å². The molecular weight excluding hydrogens is 404 g/mol. The first-order chi connectivity index (χ1) is 9.97. The van der Waals surface area contributed by atoms with Crippen LogP contribution in [0, 0.1) is 0 Å². The predicted molar refractivity (Wildman–Crippen MR) is 86.7 cm³/mol. The first-order valence-corrected chi connectivity index (χ1v) is 7.36. The Hall–Kier alpha value is -1.86. The monoisotopic (exact) mass is 412 g/mol. The van der Waals surface area contributed by atoms with Crippen LogP contribution in [-0.2, 0) is 0 Å². The molecule has 0 atom stereocenters. The Bertz CT molecular complexity index is 700. The van der Waals surface area contributed by atoms with Crippen molar-refractivity contribution in [1.82, 2.24) is 5.43 Å². The summed E-state index contributed by atoms with van der Waals surface area (Å²) in [5.41, 5.74) is 3.14. The largest absolute Gasteiger partial charge is 0.508 e. The Morgan fingerprint density at radius 3 is 2.48 bits per heavy atom. The van der Waals surface area contributed by atoms with E-state index in [9.17, 15) is 9.90 Å². The van der Waals surface area contributed by atoms with E-state index in [-0.39, 0.29) is 17.1 Å². The van der Waals surface area contributed by atoms with Crippen LogP contribution >= 0.6 is 31.9 Å². The number of carbonyl (C=O) groups excluding carboxylic acids is 1. The van der Waals surface area contributed by atoms with Gasteiger partial charge in [0.25, 0.3) is 5.91 Å². The number of rotatable bonds is 3. The lowest BCUT2D eigenvalue weighted by Crippen LogP contribution is -2.17. The van der Waals surface area contributed by atoms with Crippen molar-refractivity contribution in [3.63, 3.8) is 0 Å². The number of carbonyl (C=O) groups is 1. The highest BCUT2D eigenvalue weighted by molar-refractivity contribution is 9.11. The van der Waals surface area contributed by atoms with Crippen molar-refractivity contribution in [2.45, 2.75) is 0 Å². The van der Waals surface area contributed by atoms with Gasteiger partial charge in [0.1, 0.15) is 11.5 Å². The SMILES string of the molecule is O=C(N/N=C/c1ccc(O)cc1)c1cc(Br)cc(Br)c1O. The molecule has 0 saturated carbocycles. The number of halogens is 2. The molecule has 0 unspecified atom stereocenters. The Labute approximate surface area is 137 Å². The Balaban J connectivity index is 2.10. The van der Waals surface area contributed by atoms with E-state index in [0.717, 1.165) is 0 Å². The fraction of sp³-hybridized carbons (Fsp3) is 0. The number of aromatic hydroxyl groups is 2. The molecular formula is C14H10Br2N2O3. The molecule has 2 rings (SSSR count). The smallest absolute Gasteiger partial charge is 0.275 e. The van der Waals surface area contributed by atoms with Gasteiger partial charge < -0.3 is 10.2 Å². The summed E-state index contributed by atoms with van der Waals surface area (Å²) >= 11 is 6.40. The summed E-state index contributed by atoms with van der Waals surface area (Å²) < 4.78 is 1.06. The summed E-state index contributed by atoms with van der Waals surface area (Å²) in [6.45, 7) is 0. The maximum atomic E-state index is 11.9. The summed E-state index contributed by atoms with van der Waals surface area (Å²) in [4.78, 5) is 11.9. The highest BCUT2D eigenvalue weighted by Crippen LogP contribution is 2.31. The zero-order valence-electron chi connectivity index (χ0n) is 10.5. The fourth-order valence-electron chi connectivity index (χ4n) is 1.53. The second-order valence-electron chi connectivity index (χ2n) is 4.07. The van der Waals surface area contributed by atoms with E-state index in [4.69, 9.17) is 5.11 Å². The van der Waals surface area contributed by atoms with Gasteiger partial charge in [0.2, 0.25) is 0 Å². The van der Waals surface area contributed by atoms with Crippen LogP contribution in [0.1, 0.15) is 15.9 Å². The number of phenolic OH excluding ortho intramolecular Hbond substituents is 2. The quantitative estimate of drug-likeness (QED) is 0.532. The van der Waals surface area contributed by atoms with E-state index in [1.807, 2.05) is 0 Å². The molecule has 1 amide bonds. The molecule has 0 spiro atoms. The van der Waals surface area contributed by atoms with Crippen molar-refractivity contribution in [3.8, 4) is 11.5 Å². The minimum Gasteiger partial charge on any atom is -0.508 e. The van der Waals surface area contributed by atoms with Crippen molar-refractivity contribution in [1.29, 1.82) is 0 Å². The van der Waals surface area contributed by atoms with Gasteiger partial charge in [0.15, 0.2) is 0 Å². The first kappa shape index (κ1) is 15.5. The van der Waals surface area contributed by atoms with Gasteiger partial charge in [-0.05, 0) is 57.9 Å². The first-order valence-electron chi connectivity index (χ1n) is 5.78. The van der Waals surface area contributed by atoms with E-state index in [1.165, 1.54) is 24.4 Å². The zero-order valence-corrected chi connectivity index (χ0v) is 13.7. The zero-order chi connectivity index (χ0) is 15.4. The van der Waals surface area contributed by atoms with Crippen molar-refractivity contribution in [2.24, 2.45) is 5.10 Å². The highest BCUT2D eigenvalue weighted by atomic mass is 79.9. The lowest BCUT2D eigenvalue weighted by molar-refractivity contribution is 0.0952. The maximum absolute atomic E-state index is 11.9. The van der Waals surface area contributed by atoms with Crippen molar-refractivity contribution in [2.75, 3.05) is 0 Å². The van der Waals surface area contributed by atoms with Crippen LogP contribution in [0.2, 0.25) is 0 Å². The van der Waals surface area contributed by atoms with Gasteiger partial charge in [-0.2, -0.15) is 5.10 Å². The van der Waals surface area contributed by atoms with Gasteiger partial charge in [-0.1, -0.05) is 15.9 Å². The Morgan fingerprint density at radius 1 is 1.14 bits per heavy atom. The molecule has 21 heavy (non-hydrogen) atoms. The molecule has 0 aliphatic heterocycles. The molecule has 0 saturated heterocycles. The molecule has 108 valence electrons. The molecule has 2 aromatic carbocycles. The van der Waals surface area contributed by atoms with Crippen molar-refractivity contribution < 1.29 is 15.0 Å². The third-order valence-electron chi connectivity index (χ3n) is 2.55. The van der Waals surface area contributed by atoms with Crippen LogP contribution in [0.15, 0.2) is 50.4 Å². The summed E-state index contributed by atoms with van der Waals surface area (Å²) in [5, 5.41) is 22.8. The van der Waals surface area contributed by atoms with E-state index in [0.29, 0.717) is 14.5 Å². The Kier molecular flexibility index (Phi) is 4.98. The van der Waals surface area contributed by atoms with E-state index < -0.39 is 5.91 Å². The normalized spacial score (nSPS) is 10.8. The molecule has 0 fully saturated rings. The van der Waals surface area contributed by atoms with Gasteiger partial charge in [0.05, 0.1) is 16.3 Å². The van der Waals surface area contributed by atoms with Crippen molar-refractivity contribution >= 4 is 44.0 Å². The number of phenols is 2. The summed E-state index contributed by atoms with van der Waals surface area (Å²) in [5.74, 6) is -0.542.